The predicted octanol–water partition coefficient (Wildman–Crippen LogP) is 3.17. The fourth-order valence-corrected chi connectivity index (χ4v) is 3.70. The number of rotatable bonds is 3. The molecule has 23 heavy (non-hydrogen) atoms. The van der Waals surface area contributed by atoms with Crippen molar-refractivity contribution in [3.8, 4) is 5.88 Å². The first-order valence-electron chi connectivity index (χ1n) is 8.27. The molecule has 1 aromatic carbocycles. The molecule has 122 valence electrons. The smallest absolute Gasteiger partial charge is 0.222 e. The SMILES string of the molecule is COC1(c2cc3c(O)nc(C)nc3cc2C2CC2)CCOCC1. The lowest BCUT2D eigenvalue weighted by molar-refractivity contribution is -0.0951. The maximum Gasteiger partial charge on any atom is 0.222 e. The zero-order valence-corrected chi connectivity index (χ0v) is 13.6. The van der Waals surface area contributed by atoms with Crippen LogP contribution < -0.4 is 0 Å². The average Bonchev–Trinajstić information content (AvgIpc) is 3.39. The van der Waals surface area contributed by atoms with Crippen LogP contribution >= 0.6 is 0 Å². The molecule has 2 fully saturated rings. The van der Waals surface area contributed by atoms with Crippen molar-refractivity contribution >= 4 is 10.9 Å². The van der Waals surface area contributed by atoms with Crippen LogP contribution in [0.2, 0.25) is 0 Å². The first kappa shape index (κ1) is 14.8. The topological polar surface area (TPSA) is 64.5 Å². The molecule has 2 aromatic rings. The molecule has 0 amide bonds. The molecule has 4 rings (SSSR count). The van der Waals surface area contributed by atoms with Crippen LogP contribution in [0.25, 0.3) is 10.9 Å². The lowest BCUT2D eigenvalue weighted by Gasteiger charge is -2.38. The summed E-state index contributed by atoms with van der Waals surface area (Å²) in [5.41, 5.74) is 2.99. The number of aromatic nitrogens is 2. The van der Waals surface area contributed by atoms with Crippen molar-refractivity contribution in [2.45, 2.75) is 44.1 Å². The second-order valence-corrected chi connectivity index (χ2v) is 6.64. The molecular weight excluding hydrogens is 292 g/mol. The maximum absolute atomic E-state index is 10.3. The Morgan fingerprint density at radius 3 is 2.61 bits per heavy atom. The number of aromatic hydroxyl groups is 1. The normalized spacial score (nSPS) is 20.8. The van der Waals surface area contributed by atoms with E-state index in [1.807, 2.05) is 6.07 Å². The molecule has 0 unspecified atom stereocenters. The van der Waals surface area contributed by atoms with E-state index >= 15 is 0 Å². The lowest BCUT2D eigenvalue weighted by atomic mass is 9.81. The van der Waals surface area contributed by atoms with Crippen LogP contribution in [0.3, 0.4) is 0 Å². The number of benzene rings is 1. The Hall–Kier alpha value is -1.72. The highest BCUT2D eigenvalue weighted by Gasteiger charge is 2.39. The first-order chi connectivity index (χ1) is 11.1. The van der Waals surface area contributed by atoms with Crippen LogP contribution in [0.15, 0.2) is 12.1 Å². The molecule has 0 atom stereocenters. The summed E-state index contributed by atoms with van der Waals surface area (Å²) < 4.78 is 11.5. The van der Waals surface area contributed by atoms with Gasteiger partial charge < -0.3 is 14.6 Å². The van der Waals surface area contributed by atoms with Gasteiger partial charge in [-0.15, -0.1) is 0 Å². The van der Waals surface area contributed by atoms with Crippen molar-refractivity contribution in [3.63, 3.8) is 0 Å². The van der Waals surface area contributed by atoms with E-state index in [4.69, 9.17) is 9.47 Å². The molecule has 0 bridgehead atoms. The first-order valence-corrected chi connectivity index (χ1v) is 8.27. The number of methoxy groups -OCH3 is 1. The van der Waals surface area contributed by atoms with E-state index in [2.05, 4.69) is 16.0 Å². The Morgan fingerprint density at radius 2 is 1.96 bits per heavy atom. The van der Waals surface area contributed by atoms with Crippen molar-refractivity contribution in [1.29, 1.82) is 0 Å². The lowest BCUT2D eigenvalue weighted by Crippen LogP contribution is -2.36. The van der Waals surface area contributed by atoms with Crippen LogP contribution in [0, 0.1) is 6.92 Å². The van der Waals surface area contributed by atoms with Crippen molar-refractivity contribution in [1.82, 2.24) is 9.97 Å². The number of aryl methyl sites for hydroxylation is 1. The highest BCUT2D eigenvalue weighted by molar-refractivity contribution is 5.85. The van der Waals surface area contributed by atoms with E-state index < -0.39 is 0 Å². The Balaban J connectivity index is 1.95. The summed E-state index contributed by atoms with van der Waals surface area (Å²) in [4.78, 5) is 8.61. The van der Waals surface area contributed by atoms with E-state index in [9.17, 15) is 5.11 Å². The summed E-state index contributed by atoms with van der Waals surface area (Å²) in [5, 5.41) is 11.0. The summed E-state index contributed by atoms with van der Waals surface area (Å²) in [5.74, 6) is 1.23. The molecule has 1 N–H and O–H groups in total. The number of fused-ring (bicyclic) bond motifs is 1. The van der Waals surface area contributed by atoms with Gasteiger partial charge in [0.05, 0.1) is 16.5 Å². The number of hydrogen-bond acceptors (Lipinski definition) is 5. The number of ether oxygens (including phenoxy) is 2. The molecule has 0 spiro atoms. The van der Waals surface area contributed by atoms with Gasteiger partial charge in [0.1, 0.15) is 5.82 Å². The van der Waals surface area contributed by atoms with E-state index in [-0.39, 0.29) is 11.5 Å². The maximum atomic E-state index is 10.3. The minimum absolute atomic E-state index is 0.0504. The van der Waals surface area contributed by atoms with Crippen molar-refractivity contribution < 1.29 is 14.6 Å². The second kappa shape index (κ2) is 5.42. The number of hydrogen-bond donors (Lipinski definition) is 1. The molecule has 1 saturated heterocycles. The molecule has 0 radical (unpaired) electrons. The Bertz CT molecular complexity index is 750. The minimum Gasteiger partial charge on any atom is -0.493 e. The summed E-state index contributed by atoms with van der Waals surface area (Å²) in [6.07, 6.45) is 4.10. The van der Waals surface area contributed by atoms with E-state index in [0.29, 0.717) is 30.3 Å². The second-order valence-electron chi connectivity index (χ2n) is 6.64. The quantitative estimate of drug-likeness (QED) is 0.942. The van der Waals surface area contributed by atoms with Gasteiger partial charge in [-0.25, -0.2) is 4.98 Å². The minimum atomic E-state index is -0.332. The molecule has 1 saturated carbocycles. The van der Waals surface area contributed by atoms with Crippen LogP contribution in [0.4, 0.5) is 0 Å². The standard InChI is InChI=1S/C18H22N2O3/c1-11-19-16-10-13(12-3-4-12)15(9-14(16)17(21)20-11)18(22-2)5-7-23-8-6-18/h9-10,12H,3-8H2,1-2H3,(H,19,20,21). The molecule has 1 aliphatic carbocycles. The van der Waals surface area contributed by atoms with Crippen molar-refractivity contribution in [2.75, 3.05) is 20.3 Å². The third kappa shape index (κ3) is 2.48. The summed E-state index contributed by atoms with van der Waals surface area (Å²) in [7, 11) is 1.78. The fraction of sp³-hybridized carbons (Fsp3) is 0.556. The third-order valence-corrected chi connectivity index (χ3v) is 5.16. The third-order valence-electron chi connectivity index (χ3n) is 5.16. The van der Waals surface area contributed by atoms with Crippen LogP contribution in [-0.2, 0) is 15.1 Å². The van der Waals surface area contributed by atoms with Gasteiger partial charge in [0, 0.05) is 33.2 Å². The molecule has 2 heterocycles. The highest BCUT2D eigenvalue weighted by Crippen LogP contribution is 2.48. The van der Waals surface area contributed by atoms with Gasteiger partial charge >= 0.3 is 0 Å². The van der Waals surface area contributed by atoms with Gasteiger partial charge in [-0.05, 0) is 48.9 Å². The van der Waals surface area contributed by atoms with Crippen LogP contribution in [0.5, 0.6) is 5.88 Å². The molecular formula is C18H22N2O3. The van der Waals surface area contributed by atoms with Gasteiger partial charge in [0.15, 0.2) is 0 Å². The molecule has 1 aliphatic heterocycles. The number of nitrogens with zero attached hydrogens (tertiary/aromatic N) is 2. The summed E-state index contributed by atoms with van der Waals surface area (Å²) in [6, 6.07) is 4.18. The van der Waals surface area contributed by atoms with Crippen LogP contribution in [-0.4, -0.2) is 35.4 Å². The highest BCUT2D eigenvalue weighted by atomic mass is 16.5. The molecule has 2 aliphatic rings. The molecule has 5 nitrogen and oxygen atoms in total. The van der Waals surface area contributed by atoms with Gasteiger partial charge in [0.2, 0.25) is 5.88 Å². The summed E-state index contributed by atoms with van der Waals surface area (Å²) >= 11 is 0. The zero-order chi connectivity index (χ0) is 16.0. The predicted molar refractivity (Wildman–Crippen MR) is 86.7 cm³/mol. The van der Waals surface area contributed by atoms with Gasteiger partial charge in [-0.2, -0.15) is 4.98 Å². The van der Waals surface area contributed by atoms with Gasteiger partial charge in [-0.1, -0.05) is 0 Å². The van der Waals surface area contributed by atoms with Crippen molar-refractivity contribution in [3.05, 3.63) is 29.1 Å². The molecule has 5 heteroatoms. The fourth-order valence-electron chi connectivity index (χ4n) is 3.70. The molecule has 1 aromatic heterocycles. The van der Waals surface area contributed by atoms with Crippen LogP contribution in [0.1, 0.15) is 48.6 Å². The zero-order valence-electron chi connectivity index (χ0n) is 13.6. The Labute approximate surface area is 135 Å². The largest absolute Gasteiger partial charge is 0.493 e. The Kier molecular flexibility index (Phi) is 3.50. The van der Waals surface area contributed by atoms with Gasteiger partial charge in [-0.3, -0.25) is 0 Å². The monoisotopic (exact) mass is 314 g/mol. The average molecular weight is 314 g/mol. The Morgan fingerprint density at radius 1 is 1.22 bits per heavy atom. The summed E-state index contributed by atoms with van der Waals surface area (Å²) in [6.45, 7) is 3.21. The van der Waals surface area contributed by atoms with E-state index in [1.54, 1.807) is 14.0 Å². The van der Waals surface area contributed by atoms with Gasteiger partial charge in [0.25, 0.3) is 0 Å². The van der Waals surface area contributed by atoms with Crippen molar-refractivity contribution in [2.24, 2.45) is 0 Å². The van der Waals surface area contributed by atoms with E-state index in [1.165, 1.54) is 24.0 Å². The van der Waals surface area contributed by atoms with E-state index in [0.717, 1.165) is 18.4 Å².